The molecule has 1 saturated heterocycles. The van der Waals surface area contributed by atoms with E-state index in [1.165, 1.54) is 0 Å². The van der Waals surface area contributed by atoms with Gasteiger partial charge in [-0.2, -0.15) is 0 Å². The van der Waals surface area contributed by atoms with E-state index in [1.807, 2.05) is 0 Å². The van der Waals surface area contributed by atoms with Gasteiger partial charge in [-0.15, -0.1) is 0 Å². The minimum Gasteiger partial charge on any atom is -0.459 e. The van der Waals surface area contributed by atoms with Gasteiger partial charge in [0.2, 0.25) is 6.79 Å². The summed E-state index contributed by atoms with van der Waals surface area (Å²) in [5, 5.41) is 0. The number of rotatable bonds is 3. The summed E-state index contributed by atoms with van der Waals surface area (Å²) in [4.78, 5) is 12.0. The van der Waals surface area contributed by atoms with Gasteiger partial charge in [-0.3, -0.25) is 0 Å². The number of benzene rings is 1. The highest BCUT2D eigenvalue weighted by atomic mass is 16.7. The number of nitrogens with two attached hydrogens (primary N) is 1. The third kappa shape index (κ3) is 2.44. The van der Waals surface area contributed by atoms with Crippen molar-refractivity contribution >= 4 is 11.7 Å². The first-order chi connectivity index (χ1) is 9.24. The Labute approximate surface area is 110 Å². The van der Waals surface area contributed by atoms with Gasteiger partial charge in [0.25, 0.3) is 0 Å². The first-order valence-electron chi connectivity index (χ1n) is 6.22. The van der Waals surface area contributed by atoms with Crippen molar-refractivity contribution in [2.24, 2.45) is 0 Å². The Bertz CT molecular complexity index is 496. The Morgan fingerprint density at radius 2 is 2.16 bits per heavy atom. The van der Waals surface area contributed by atoms with Crippen molar-refractivity contribution in [2.45, 2.75) is 18.9 Å². The molecule has 1 aromatic rings. The molecule has 0 spiro atoms. The van der Waals surface area contributed by atoms with Crippen LogP contribution in [0, 0.1) is 0 Å². The molecule has 1 unspecified atom stereocenters. The highest BCUT2D eigenvalue weighted by molar-refractivity contribution is 5.96. The monoisotopic (exact) mass is 265 g/mol. The maximum absolute atomic E-state index is 12.0. The zero-order chi connectivity index (χ0) is 13.2. The molecule has 0 amide bonds. The number of fused-ring (bicyclic) bond motifs is 1. The Balaban J connectivity index is 1.69. The summed E-state index contributed by atoms with van der Waals surface area (Å²) in [5.41, 5.74) is 6.43. The smallest absolute Gasteiger partial charge is 0.340 e. The molecule has 2 aliphatic heterocycles. The second-order valence-corrected chi connectivity index (χ2v) is 4.53. The molecule has 1 atom stereocenters. The molecule has 6 heteroatoms. The maximum atomic E-state index is 12.0. The molecule has 2 N–H and O–H groups in total. The number of esters is 1. The van der Waals surface area contributed by atoms with Crippen LogP contribution in [0.3, 0.4) is 0 Å². The zero-order valence-electron chi connectivity index (χ0n) is 10.4. The minimum atomic E-state index is -0.466. The van der Waals surface area contributed by atoms with E-state index < -0.39 is 5.97 Å². The van der Waals surface area contributed by atoms with Gasteiger partial charge in [0.1, 0.15) is 6.61 Å². The maximum Gasteiger partial charge on any atom is 0.340 e. The van der Waals surface area contributed by atoms with Crippen molar-refractivity contribution in [3.63, 3.8) is 0 Å². The molecule has 0 bridgehead atoms. The average molecular weight is 265 g/mol. The number of carbonyl (C=O) groups is 1. The van der Waals surface area contributed by atoms with Gasteiger partial charge in [-0.1, -0.05) is 0 Å². The van der Waals surface area contributed by atoms with Crippen LogP contribution in [0.4, 0.5) is 5.69 Å². The van der Waals surface area contributed by atoms with Crippen LogP contribution in [0.1, 0.15) is 23.2 Å². The van der Waals surface area contributed by atoms with Crippen molar-refractivity contribution in [1.82, 2.24) is 0 Å². The summed E-state index contributed by atoms with van der Waals surface area (Å²) in [5.74, 6) is 0.595. The predicted octanol–water partition coefficient (Wildman–Crippen LogP) is 1.33. The predicted molar refractivity (Wildman–Crippen MR) is 66.2 cm³/mol. The summed E-state index contributed by atoms with van der Waals surface area (Å²) < 4.78 is 21.0. The number of anilines is 1. The van der Waals surface area contributed by atoms with Crippen LogP contribution >= 0.6 is 0 Å². The standard InChI is InChI=1S/C13H15NO5/c14-10-5-12-11(18-7-19-12)4-9(10)13(15)17-6-8-2-1-3-16-8/h4-5,8H,1-3,6-7,14H2. The second kappa shape index (κ2) is 4.97. The third-order valence-electron chi connectivity index (χ3n) is 3.19. The lowest BCUT2D eigenvalue weighted by Crippen LogP contribution is -2.18. The van der Waals surface area contributed by atoms with Crippen LogP contribution in [-0.2, 0) is 9.47 Å². The van der Waals surface area contributed by atoms with Gasteiger partial charge in [-0.05, 0) is 12.8 Å². The molecule has 0 radical (unpaired) electrons. The molecule has 19 heavy (non-hydrogen) atoms. The summed E-state index contributed by atoms with van der Waals surface area (Å²) in [7, 11) is 0. The van der Waals surface area contributed by atoms with E-state index in [0.29, 0.717) is 22.7 Å². The van der Waals surface area contributed by atoms with Gasteiger partial charge in [-0.25, -0.2) is 4.79 Å². The Kier molecular flexibility index (Phi) is 3.16. The largest absolute Gasteiger partial charge is 0.459 e. The van der Waals surface area contributed by atoms with Crippen LogP contribution in [0.25, 0.3) is 0 Å². The molecule has 2 aliphatic rings. The van der Waals surface area contributed by atoms with Gasteiger partial charge in [0.05, 0.1) is 17.4 Å². The SMILES string of the molecule is Nc1cc2c(cc1C(=O)OCC1CCCO1)OCO2. The van der Waals surface area contributed by atoms with E-state index in [9.17, 15) is 4.79 Å². The van der Waals surface area contributed by atoms with Crippen molar-refractivity contribution < 1.29 is 23.7 Å². The van der Waals surface area contributed by atoms with Crippen molar-refractivity contribution in [1.29, 1.82) is 0 Å². The van der Waals surface area contributed by atoms with E-state index in [-0.39, 0.29) is 19.5 Å². The first kappa shape index (κ1) is 12.1. The molecular formula is C13H15NO5. The highest BCUT2D eigenvalue weighted by Crippen LogP contribution is 2.36. The van der Waals surface area contributed by atoms with Crippen LogP contribution in [0.15, 0.2) is 12.1 Å². The van der Waals surface area contributed by atoms with Gasteiger partial charge >= 0.3 is 5.97 Å². The zero-order valence-corrected chi connectivity index (χ0v) is 10.4. The lowest BCUT2D eigenvalue weighted by Gasteiger charge is -2.11. The normalized spacial score (nSPS) is 20.5. The summed E-state index contributed by atoms with van der Waals surface area (Å²) in [6.07, 6.45) is 1.93. The Morgan fingerprint density at radius 1 is 1.37 bits per heavy atom. The van der Waals surface area contributed by atoms with Crippen molar-refractivity contribution in [3.05, 3.63) is 17.7 Å². The molecule has 0 aliphatic carbocycles. The second-order valence-electron chi connectivity index (χ2n) is 4.53. The van der Waals surface area contributed by atoms with E-state index in [0.717, 1.165) is 19.4 Å². The lowest BCUT2D eigenvalue weighted by atomic mass is 10.1. The van der Waals surface area contributed by atoms with E-state index in [4.69, 9.17) is 24.7 Å². The fourth-order valence-electron chi connectivity index (χ4n) is 2.16. The lowest BCUT2D eigenvalue weighted by molar-refractivity contribution is 0.0162. The number of carbonyl (C=O) groups excluding carboxylic acids is 1. The van der Waals surface area contributed by atoms with Gasteiger partial charge in [0, 0.05) is 18.7 Å². The molecule has 6 nitrogen and oxygen atoms in total. The van der Waals surface area contributed by atoms with Gasteiger partial charge < -0.3 is 24.7 Å². The van der Waals surface area contributed by atoms with Gasteiger partial charge in [0.15, 0.2) is 11.5 Å². The molecular weight excluding hydrogens is 250 g/mol. The fraction of sp³-hybridized carbons (Fsp3) is 0.462. The number of hydrogen-bond acceptors (Lipinski definition) is 6. The van der Waals surface area contributed by atoms with Crippen LogP contribution in [-0.4, -0.2) is 32.1 Å². The van der Waals surface area contributed by atoms with Crippen molar-refractivity contribution in [2.75, 3.05) is 25.7 Å². The quantitative estimate of drug-likeness (QED) is 0.656. The molecule has 0 saturated carbocycles. The summed E-state index contributed by atoms with van der Waals surface area (Å²) >= 11 is 0. The van der Waals surface area contributed by atoms with E-state index >= 15 is 0 Å². The van der Waals surface area contributed by atoms with Crippen LogP contribution in [0.2, 0.25) is 0 Å². The molecule has 1 aromatic carbocycles. The Hall–Kier alpha value is -1.95. The number of ether oxygens (including phenoxy) is 4. The first-order valence-corrected chi connectivity index (χ1v) is 6.22. The third-order valence-corrected chi connectivity index (χ3v) is 3.19. The molecule has 2 heterocycles. The molecule has 0 aromatic heterocycles. The average Bonchev–Trinajstić information content (AvgIpc) is 3.05. The van der Waals surface area contributed by atoms with E-state index in [2.05, 4.69) is 0 Å². The number of nitrogen functional groups attached to an aromatic ring is 1. The molecule has 102 valence electrons. The Morgan fingerprint density at radius 3 is 2.89 bits per heavy atom. The van der Waals surface area contributed by atoms with Crippen LogP contribution < -0.4 is 15.2 Å². The van der Waals surface area contributed by atoms with Crippen molar-refractivity contribution in [3.8, 4) is 11.5 Å². The van der Waals surface area contributed by atoms with Crippen LogP contribution in [0.5, 0.6) is 11.5 Å². The summed E-state index contributed by atoms with van der Waals surface area (Å²) in [6.45, 7) is 1.13. The topological polar surface area (TPSA) is 80.0 Å². The number of hydrogen-bond donors (Lipinski definition) is 1. The van der Waals surface area contributed by atoms with E-state index in [1.54, 1.807) is 12.1 Å². The molecule has 1 fully saturated rings. The fourth-order valence-corrected chi connectivity index (χ4v) is 2.16. The minimum absolute atomic E-state index is 0.000755. The molecule has 3 rings (SSSR count). The highest BCUT2D eigenvalue weighted by Gasteiger charge is 2.22. The summed E-state index contributed by atoms with van der Waals surface area (Å²) in [6, 6.07) is 3.13.